The molecule has 0 aliphatic carbocycles. The van der Waals surface area contributed by atoms with Gasteiger partial charge < -0.3 is 15.4 Å². The lowest BCUT2D eigenvalue weighted by Gasteiger charge is -2.30. The third-order valence-corrected chi connectivity index (χ3v) is 5.05. The topological polar surface area (TPSA) is 67.4 Å². The van der Waals surface area contributed by atoms with Crippen LogP contribution in [-0.4, -0.2) is 24.5 Å². The largest absolute Gasteiger partial charge is 0.373 e. The van der Waals surface area contributed by atoms with Gasteiger partial charge in [0.15, 0.2) is 0 Å². The lowest BCUT2D eigenvalue weighted by molar-refractivity contribution is -0.116. The number of carbonyl (C=O) groups excluding carboxylic acids is 2. The number of carbonyl (C=O) groups is 2. The smallest absolute Gasteiger partial charge is 0.251 e. The Labute approximate surface area is 152 Å². The Morgan fingerprint density at radius 1 is 1.12 bits per heavy atom. The SMILES string of the molecule is O=C1CCc2cc(C(=O)NC3CCOC(c4ccccc4)C3)ccc2N1. The molecule has 1 fully saturated rings. The summed E-state index contributed by atoms with van der Waals surface area (Å²) >= 11 is 0. The molecule has 2 aromatic rings. The zero-order valence-electron chi connectivity index (χ0n) is 14.5. The van der Waals surface area contributed by atoms with Gasteiger partial charge in [-0.2, -0.15) is 0 Å². The highest BCUT2D eigenvalue weighted by atomic mass is 16.5. The summed E-state index contributed by atoms with van der Waals surface area (Å²) in [4.78, 5) is 24.1. The van der Waals surface area contributed by atoms with E-state index in [9.17, 15) is 9.59 Å². The van der Waals surface area contributed by atoms with Gasteiger partial charge in [-0.1, -0.05) is 30.3 Å². The molecule has 0 bridgehead atoms. The van der Waals surface area contributed by atoms with Crippen molar-refractivity contribution < 1.29 is 14.3 Å². The van der Waals surface area contributed by atoms with E-state index in [1.54, 1.807) is 6.07 Å². The molecular weight excluding hydrogens is 328 g/mol. The average Bonchev–Trinajstić information content (AvgIpc) is 2.68. The van der Waals surface area contributed by atoms with Crippen molar-refractivity contribution in [1.29, 1.82) is 0 Å². The fourth-order valence-corrected chi connectivity index (χ4v) is 3.62. The fraction of sp³-hybridized carbons (Fsp3) is 0.333. The van der Waals surface area contributed by atoms with Crippen molar-refractivity contribution in [2.75, 3.05) is 11.9 Å². The number of hydrogen-bond donors (Lipinski definition) is 2. The van der Waals surface area contributed by atoms with Gasteiger partial charge in [0, 0.05) is 30.3 Å². The van der Waals surface area contributed by atoms with Gasteiger partial charge in [0.1, 0.15) is 0 Å². The number of anilines is 1. The summed E-state index contributed by atoms with van der Waals surface area (Å²) in [6, 6.07) is 15.7. The highest BCUT2D eigenvalue weighted by molar-refractivity contribution is 5.98. The summed E-state index contributed by atoms with van der Waals surface area (Å²) < 4.78 is 5.87. The van der Waals surface area contributed by atoms with Crippen molar-refractivity contribution in [3.05, 3.63) is 65.2 Å². The van der Waals surface area contributed by atoms with Crippen molar-refractivity contribution in [2.45, 2.75) is 37.8 Å². The minimum absolute atomic E-state index is 0.0222. The van der Waals surface area contributed by atoms with E-state index < -0.39 is 0 Å². The number of ether oxygens (including phenoxy) is 1. The first-order valence-corrected chi connectivity index (χ1v) is 9.09. The van der Waals surface area contributed by atoms with E-state index in [4.69, 9.17) is 4.74 Å². The second-order valence-electron chi connectivity index (χ2n) is 6.88. The Morgan fingerprint density at radius 3 is 2.81 bits per heavy atom. The molecule has 5 nitrogen and oxygen atoms in total. The molecular formula is C21H22N2O3. The summed E-state index contributed by atoms with van der Waals surface area (Å²) in [5.74, 6) is -0.0349. The predicted octanol–water partition coefficient (Wildman–Crippen LogP) is 3.22. The van der Waals surface area contributed by atoms with Gasteiger partial charge in [0.05, 0.1) is 6.10 Å². The number of benzene rings is 2. The second-order valence-corrected chi connectivity index (χ2v) is 6.88. The maximum absolute atomic E-state index is 12.7. The summed E-state index contributed by atoms with van der Waals surface area (Å²) in [5, 5.41) is 5.99. The Bertz CT molecular complexity index is 819. The van der Waals surface area contributed by atoms with Gasteiger partial charge >= 0.3 is 0 Å². The molecule has 2 atom stereocenters. The molecule has 0 spiro atoms. The second kappa shape index (κ2) is 7.30. The number of fused-ring (bicyclic) bond motifs is 1. The third-order valence-electron chi connectivity index (χ3n) is 5.05. The van der Waals surface area contributed by atoms with Crippen LogP contribution in [0.1, 0.15) is 46.9 Å². The first-order chi connectivity index (χ1) is 12.7. The van der Waals surface area contributed by atoms with E-state index in [0.717, 1.165) is 29.7 Å². The highest BCUT2D eigenvalue weighted by Gasteiger charge is 2.25. The summed E-state index contributed by atoms with van der Waals surface area (Å²) in [6.45, 7) is 0.640. The van der Waals surface area contributed by atoms with Gasteiger partial charge in [0.2, 0.25) is 5.91 Å². The van der Waals surface area contributed by atoms with Crippen molar-refractivity contribution in [3.8, 4) is 0 Å². The molecule has 26 heavy (non-hydrogen) atoms. The molecule has 2 aliphatic heterocycles. The van der Waals surface area contributed by atoms with Gasteiger partial charge in [-0.05, 0) is 48.6 Å². The Morgan fingerprint density at radius 2 is 1.96 bits per heavy atom. The highest BCUT2D eigenvalue weighted by Crippen LogP contribution is 2.28. The number of amides is 2. The summed E-state index contributed by atoms with van der Waals surface area (Å²) in [7, 11) is 0. The molecule has 2 amide bonds. The molecule has 2 aliphatic rings. The number of aryl methyl sites for hydroxylation is 1. The monoisotopic (exact) mass is 350 g/mol. The summed E-state index contributed by atoms with van der Waals surface area (Å²) in [5.41, 5.74) is 3.62. The Balaban J connectivity index is 1.42. The standard InChI is InChI=1S/C21H22N2O3/c24-20-9-7-15-12-16(6-8-18(15)23-20)21(25)22-17-10-11-26-19(13-17)14-4-2-1-3-5-14/h1-6,8,12,17,19H,7,9-11,13H2,(H,22,25)(H,23,24). The van der Waals surface area contributed by atoms with Crippen molar-refractivity contribution in [1.82, 2.24) is 5.32 Å². The zero-order chi connectivity index (χ0) is 17.9. The molecule has 5 heteroatoms. The number of rotatable bonds is 3. The Hall–Kier alpha value is -2.66. The molecule has 2 aromatic carbocycles. The quantitative estimate of drug-likeness (QED) is 0.893. The van der Waals surface area contributed by atoms with Crippen LogP contribution in [0, 0.1) is 0 Å². The first kappa shape index (κ1) is 16.8. The molecule has 0 radical (unpaired) electrons. The minimum atomic E-state index is -0.0663. The van der Waals surface area contributed by atoms with E-state index >= 15 is 0 Å². The van der Waals surface area contributed by atoms with Crippen LogP contribution >= 0.6 is 0 Å². The Kier molecular flexibility index (Phi) is 4.71. The van der Waals surface area contributed by atoms with Gasteiger partial charge in [-0.3, -0.25) is 9.59 Å². The normalized spacial score (nSPS) is 22.2. The maximum Gasteiger partial charge on any atom is 0.251 e. The van der Waals surface area contributed by atoms with Crippen LogP contribution in [0.3, 0.4) is 0 Å². The maximum atomic E-state index is 12.7. The van der Waals surface area contributed by atoms with Crippen molar-refractivity contribution >= 4 is 17.5 Å². The summed E-state index contributed by atoms with van der Waals surface area (Å²) in [6.07, 6.45) is 2.76. The number of nitrogens with one attached hydrogen (secondary N) is 2. The van der Waals surface area contributed by atoms with E-state index in [2.05, 4.69) is 22.8 Å². The molecule has 2 N–H and O–H groups in total. The lowest BCUT2D eigenvalue weighted by atomic mass is 9.96. The molecule has 0 saturated carbocycles. The van der Waals surface area contributed by atoms with Gasteiger partial charge in [0.25, 0.3) is 5.91 Å². The van der Waals surface area contributed by atoms with Crippen LogP contribution < -0.4 is 10.6 Å². The number of hydrogen-bond acceptors (Lipinski definition) is 3. The molecule has 2 heterocycles. The van der Waals surface area contributed by atoms with E-state index in [1.807, 2.05) is 30.3 Å². The van der Waals surface area contributed by atoms with Crippen molar-refractivity contribution in [2.24, 2.45) is 0 Å². The molecule has 0 aromatic heterocycles. The van der Waals surface area contributed by atoms with E-state index in [1.165, 1.54) is 0 Å². The zero-order valence-corrected chi connectivity index (χ0v) is 14.5. The van der Waals surface area contributed by atoms with Crippen LogP contribution in [0.25, 0.3) is 0 Å². The minimum Gasteiger partial charge on any atom is -0.373 e. The fourth-order valence-electron chi connectivity index (χ4n) is 3.62. The average molecular weight is 350 g/mol. The van der Waals surface area contributed by atoms with Crippen LogP contribution in [0.5, 0.6) is 0 Å². The van der Waals surface area contributed by atoms with E-state index in [0.29, 0.717) is 25.0 Å². The lowest BCUT2D eigenvalue weighted by Crippen LogP contribution is -2.39. The van der Waals surface area contributed by atoms with Crippen LogP contribution in [0.15, 0.2) is 48.5 Å². The van der Waals surface area contributed by atoms with E-state index in [-0.39, 0.29) is 24.0 Å². The van der Waals surface area contributed by atoms with Crippen LogP contribution in [0.2, 0.25) is 0 Å². The molecule has 134 valence electrons. The van der Waals surface area contributed by atoms with Crippen LogP contribution in [0.4, 0.5) is 5.69 Å². The molecule has 4 rings (SSSR count). The first-order valence-electron chi connectivity index (χ1n) is 9.09. The van der Waals surface area contributed by atoms with Crippen molar-refractivity contribution in [3.63, 3.8) is 0 Å². The third kappa shape index (κ3) is 3.63. The predicted molar refractivity (Wildman–Crippen MR) is 99.0 cm³/mol. The van der Waals surface area contributed by atoms with Gasteiger partial charge in [-0.25, -0.2) is 0 Å². The van der Waals surface area contributed by atoms with Gasteiger partial charge in [-0.15, -0.1) is 0 Å². The molecule has 1 saturated heterocycles. The molecule has 2 unspecified atom stereocenters. The van der Waals surface area contributed by atoms with Crippen LogP contribution in [-0.2, 0) is 16.0 Å².